The van der Waals surface area contributed by atoms with Crippen LogP contribution in [0.5, 0.6) is 0 Å². The van der Waals surface area contributed by atoms with E-state index < -0.39 is 5.79 Å². The second kappa shape index (κ2) is 9.73. The maximum Gasteiger partial charge on any atom is 0.171 e. The van der Waals surface area contributed by atoms with Gasteiger partial charge in [0.05, 0.1) is 14.0 Å². The zero-order valence-corrected chi connectivity index (χ0v) is 17.3. The van der Waals surface area contributed by atoms with E-state index in [9.17, 15) is 9.90 Å². The standard InChI is InChI=1S/C22H39BO3/c1-4-6-13-21(3,5-2)22(25)14-12-18-17(11-9-7-8-10-15-23)19(24)16-20(18)26-22/h17-18,20,25H,4-16H2,1-3H3/t17-,18-,20-,21?,22-/m1/s1. The molecule has 2 radical (unpaired) electrons. The highest BCUT2D eigenvalue weighted by Crippen LogP contribution is 2.52. The first-order valence-corrected chi connectivity index (χ1v) is 11.0. The van der Waals surface area contributed by atoms with Gasteiger partial charge in [0, 0.05) is 24.2 Å². The lowest BCUT2D eigenvalue weighted by Gasteiger charge is -2.50. The number of carbonyl (C=O) groups is 1. The minimum Gasteiger partial charge on any atom is -0.365 e. The van der Waals surface area contributed by atoms with Gasteiger partial charge in [0.2, 0.25) is 0 Å². The number of aliphatic hydroxyl groups is 1. The van der Waals surface area contributed by atoms with E-state index in [4.69, 9.17) is 12.6 Å². The Hall–Kier alpha value is -0.345. The summed E-state index contributed by atoms with van der Waals surface area (Å²) in [6.45, 7) is 6.49. The molecule has 1 unspecified atom stereocenters. The van der Waals surface area contributed by atoms with E-state index in [1.54, 1.807) is 0 Å². The number of ether oxygens (including phenoxy) is 1. The highest BCUT2D eigenvalue weighted by molar-refractivity contribution is 6.08. The van der Waals surface area contributed by atoms with Crippen LogP contribution in [0.3, 0.4) is 0 Å². The number of fused-ring (bicyclic) bond motifs is 1. The van der Waals surface area contributed by atoms with Crippen molar-refractivity contribution in [2.24, 2.45) is 17.3 Å². The van der Waals surface area contributed by atoms with Crippen molar-refractivity contribution in [3.63, 3.8) is 0 Å². The first kappa shape index (κ1) is 21.9. The van der Waals surface area contributed by atoms with Crippen LogP contribution in [0.4, 0.5) is 0 Å². The molecule has 0 spiro atoms. The number of ketones is 1. The SMILES string of the molecule is [B]CCCCCC[C@H]1C(=O)C[C@H]2O[C@@](O)(C(C)(CC)CCCC)CC[C@@H]21. The van der Waals surface area contributed by atoms with E-state index in [0.717, 1.165) is 70.5 Å². The van der Waals surface area contributed by atoms with E-state index in [-0.39, 0.29) is 17.4 Å². The predicted octanol–water partition coefficient (Wildman–Crippen LogP) is 5.20. The molecule has 0 amide bonds. The van der Waals surface area contributed by atoms with E-state index >= 15 is 0 Å². The fraction of sp³-hybridized carbons (Fsp3) is 0.955. The molecule has 148 valence electrons. The van der Waals surface area contributed by atoms with E-state index in [1.807, 2.05) is 0 Å². The quantitative estimate of drug-likeness (QED) is 0.406. The van der Waals surface area contributed by atoms with Gasteiger partial charge >= 0.3 is 0 Å². The number of carbonyl (C=O) groups excluding carboxylic acids is 1. The van der Waals surface area contributed by atoms with Crippen molar-refractivity contribution in [3.05, 3.63) is 0 Å². The van der Waals surface area contributed by atoms with Crippen molar-refractivity contribution in [3.8, 4) is 0 Å². The Kier molecular flexibility index (Phi) is 8.21. The third-order valence-electron chi connectivity index (χ3n) is 7.25. The van der Waals surface area contributed by atoms with Gasteiger partial charge in [0.25, 0.3) is 0 Å². The topological polar surface area (TPSA) is 46.5 Å². The minimum atomic E-state index is -1.08. The Morgan fingerprint density at radius 3 is 2.62 bits per heavy atom. The Labute approximate surface area is 162 Å². The van der Waals surface area contributed by atoms with Gasteiger partial charge in [-0.2, -0.15) is 0 Å². The molecule has 0 bridgehead atoms. The number of rotatable bonds is 11. The van der Waals surface area contributed by atoms with Crippen molar-refractivity contribution in [2.45, 2.75) is 116 Å². The summed E-state index contributed by atoms with van der Waals surface area (Å²) in [7, 11) is 5.55. The summed E-state index contributed by atoms with van der Waals surface area (Å²) in [6, 6.07) is 0. The van der Waals surface area contributed by atoms with Crippen LogP contribution in [0, 0.1) is 17.3 Å². The molecule has 0 aromatic heterocycles. The molecule has 1 aliphatic heterocycles. The molecule has 1 heterocycles. The Morgan fingerprint density at radius 2 is 1.96 bits per heavy atom. The normalized spacial score (nSPS) is 33.8. The van der Waals surface area contributed by atoms with Crippen molar-refractivity contribution >= 4 is 13.6 Å². The lowest BCUT2D eigenvalue weighted by molar-refractivity contribution is -0.320. The van der Waals surface area contributed by atoms with Crippen LogP contribution in [0.15, 0.2) is 0 Å². The Bertz CT molecular complexity index is 455. The minimum absolute atomic E-state index is 0.0807. The van der Waals surface area contributed by atoms with Gasteiger partial charge in [-0.25, -0.2) is 0 Å². The third-order valence-corrected chi connectivity index (χ3v) is 7.25. The van der Waals surface area contributed by atoms with Crippen LogP contribution in [0.2, 0.25) is 6.32 Å². The summed E-state index contributed by atoms with van der Waals surface area (Å²) in [5.74, 6) is -0.265. The van der Waals surface area contributed by atoms with Crippen LogP contribution in [0.25, 0.3) is 0 Å². The molecule has 5 atom stereocenters. The zero-order valence-electron chi connectivity index (χ0n) is 17.3. The van der Waals surface area contributed by atoms with Gasteiger partial charge < -0.3 is 9.84 Å². The molecule has 1 saturated heterocycles. The molecular formula is C22H39BO3. The molecule has 3 nitrogen and oxygen atoms in total. The smallest absolute Gasteiger partial charge is 0.171 e. The number of hydrogen-bond donors (Lipinski definition) is 1. The molecule has 1 saturated carbocycles. The largest absolute Gasteiger partial charge is 0.365 e. The highest BCUT2D eigenvalue weighted by atomic mass is 16.6. The second-order valence-corrected chi connectivity index (χ2v) is 8.93. The second-order valence-electron chi connectivity index (χ2n) is 8.93. The first-order valence-electron chi connectivity index (χ1n) is 11.0. The molecule has 2 aliphatic rings. The average molecular weight is 362 g/mol. The van der Waals surface area contributed by atoms with E-state index in [0.29, 0.717) is 24.5 Å². The van der Waals surface area contributed by atoms with Crippen molar-refractivity contribution < 1.29 is 14.6 Å². The summed E-state index contributed by atoms with van der Waals surface area (Å²) >= 11 is 0. The summed E-state index contributed by atoms with van der Waals surface area (Å²) in [4.78, 5) is 12.6. The first-order chi connectivity index (χ1) is 12.4. The maximum absolute atomic E-state index is 12.6. The van der Waals surface area contributed by atoms with Gasteiger partial charge in [-0.05, 0) is 31.6 Å². The van der Waals surface area contributed by atoms with Gasteiger partial charge in [-0.15, -0.1) is 0 Å². The molecule has 4 heteroatoms. The van der Waals surface area contributed by atoms with Gasteiger partial charge in [-0.3, -0.25) is 4.79 Å². The maximum atomic E-state index is 12.6. The van der Waals surface area contributed by atoms with Crippen LogP contribution in [-0.2, 0) is 9.53 Å². The van der Waals surface area contributed by atoms with E-state index in [2.05, 4.69) is 20.8 Å². The molecule has 1 aliphatic carbocycles. The highest BCUT2D eigenvalue weighted by Gasteiger charge is 2.55. The number of Topliss-reactive ketones (excluding diaryl/α,β-unsaturated/α-hetero) is 1. The third kappa shape index (κ3) is 4.73. The number of hydrogen-bond acceptors (Lipinski definition) is 3. The van der Waals surface area contributed by atoms with Crippen LogP contribution in [0.1, 0.15) is 97.8 Å². The molecule has 2 rings (SSSR count). The van der Waals surface area contributed by atoms with E-state index in [1.165, 1.54) is 0 Å². The molecule has 1 N–H and O–H groups in total. The van der Waals surface area contributed by atoms with Crippen molar-refractivity contribution in [1.82, 2.24) is 0 Å². The average Bonchev–Trinajstić information content (AvgIpc) is 2.93. The zero-order chi connectivity index (χ0) is 19.2. The molecule has 2 fully saturated rings. The molecule has 0 aromatic carbocycles. The summed E-state index contributed by atoms with van der Waals surface area (Å²) < 4.78 is 6.31. The van der Waals surface area contributed by atoms with Gasteiger partial charge in [0.15, 0.2) is 5.79 Å². The molecule has 0 aromatic rings. The Morgan fingerprint density at radius 1 is 1.23 bits per heavy atom. The van der Waals surface area contributed by atoms with Crippen LogP contribution >= 0.6 is 0 Å². The van der Waals surface area contributed by atoms with Crippen molar-refractivity contribution in [1.29, 1.82) is 0 Å². The summed E-state index contributed by atoms with van der Waals surface area (Å²) in [5.41, 5.74) is -0.225. The molecule has 26 heavy (non-hydrogen) atoms. The lowest BCUT2D eigenvalue weighted by Crippen LogP contribution is -2.54. The van der Waals surface area contributed by atoms with Crippen LogP contribution < -0.4 is 0 Å². The number of unbranched alkanes of at least 4 members (excludes halogenated alkanes) is 4. The predicted molar refractivity (Wildman–Crippen MR) is 107 cm³/mol. The van der Waals surface area contributed by atoms with Gasteiger partial charge in [-0.1, -0.05) is 65.6 Å². The lowest BCUT2D eigenvalue weighted by atomic mass is 9.70. The molecular weight excluding hydrogens is 323 g/mol. The summed E-state index contributed by atoms with van der Waals surface area (Å²) in [5, 5.41) is 11.4. The monoisotopic (exact) mass is 362 g/mol. The Balaban J connectivity index is 1.95. The summed E-state index contributed by atoms with van der Waals surface area (Å²) in [6.07, 6.45) is 12.4. The fourth-order valence-electron chi connectivity index (χ4n) is 5.08. The fourth-order valence-corrected chi connectivity index (χ4v) is 5.08. The van der Waals surface area contributed by atoms with Crippen LogP contribution in [-0.4, -0.2) is 30.6 Å². The van der Waals surface area contributed by atoms with Crippen molar-refractivity contribution in [2.75, 3.05) is 0 Å². The van der Waals surface area contributed by atoms with Gasteiger partial charge in [0.1, 0.15) is 5.78 Å².